The van der Waals surface area contributed by atoms with Crippen LogP contribution in [-0.2, 0) is 4.79 Å². The highest BCUT2D eigenvalue weighted by Crippen LogP contribution is 2.25. The van der Waals surface area contributed by atoms with Crippen molar-refractivity contribution in [2.75, 3.05) is 16.9 Å². The van der Waals surface area contributed by atoms with E-state index in [1.54, 1.807) is 28.9 Å². The Morgan fingerprint density at radius 3 is 3.00 bits per heavy atom. The summed E-state index contributed by atoms with van der Waals surface area (Å²) >= 11 is 4.50. The van der Waals surface area contributed by atoms with E-state index in [-0.39, 0.29) is 11.8 Å². The molecule has 0 saturated carbocycles. The summed E-state index contributed by atoms with van der Waals surface area (Å²) in [4.78, 5) is 31.6. The molecular weight excluding hydrogens is 326 g/mol. The third-order valence-corrected chi connectivity index (χ3v) is 5.59. The molecule has 3 rings (SSSR count). The highest BCUT2D eigenvalue weighted by atomic mass is 32.2. The SMILES string of the molecule is Cc1cnc(NC(=O)[C@@H]2CSCN2C(=O)c2ccsc2)s1. The molecule has 21 heavy (non-hydrogen) atoms. The van der Waals surface area contributed by atoms with Gasteiger partial charge in [0.2, 0.25) is 5.91 Å². The Kier molecular flexibility index (Phi) is 4.27. The summed E-state index contributed by atoms with van der Waals surface area (Å²) in [6.07, 6.45) is 1.72. The first kappa shape index (κ1) is 14.6. The minimum Gasteiger partial charge on any atom is -0.316 e. The number of thiazole rings is 1. The van der Waals surface area contributed by atoms with Gasteiger partial charge < -0.3 is 10.2 Å². The van der Waals surface area contributed by atoms with Crippen LogP contribution in [0.5, 0.6) is 0 Å². The Hall–Kier alpha value is -1.38. The zero-order valence-corrected chi connectivity index (χ0v) is 13.7. The second kappa shape index (κ2) is 6.17. The van der Waals surface area contributed by atoms with Crippen LogP contribution >= 0.6 is 34.4 Å². The van der Waals surface area contributed by atoms with Gasteiger partial charge in [0, 0.05) is 22.2 Å². The molecule has 8 heteroatoms. The molecule has 2 aromatic rings. The van der Waals surface area contributed by atoms with Crippen LogP contribution in [-0.4, -0.2) is 39.4 Å². The van der Waals surface area contributed by atoms with Crippen LogP contribution < -0.4 is 5.32 Å². The second-order valence-corrected chi connectivity index (χ2v) is 7.58. The lowest BCUT2D eigenvalue weighted by molar-refractivity contribution is -0.119. The summed E-state index contributed by atoms with van der Waals surface area (Å²) in [6.45, 7) is 1.94. The number of thioether (sulfide) groups is 1. The fourth-order valence-electron chi connectivity index (χ4n) is 2.01. The molecule has 5 nitrogen and oxygen atoms in total. The molecule has 1 aliphatic rings. The maximum absolute atomic E-state index is 12.4. The van der Waals surface area contributed by atoms with E-state index in [1.807, 2.05) is 17.7 Å². The van der Waals surface area contributed by atoms with E-state index in [0.717, 1.165) is 4.88 Å². The fraction of sp³-hybridized carbons (Fsp3) is 0.308. The highest BCUT2D eigenvalue weighted by molar-refractivity contribution is 7.99. The minimum absolute atomic E-state index is 0.0864. The standard InChI is InChI=1S/C13H13N3O2S3/c1-8-4-14-13(21-8)15-11(17)10-6-20-7-16(10)12(18)9-2-3-19-5-9/h2-5,10H,6-7H2,1H3,(H,14,15,17)/t10-/m0/s1. The molecule has 1 fully saturated rings. The van der Waals surface area contributed by atoms with Crippen molar-refractivity contribution in [2.24, 2.45) is 0 Å². The molecule has 110 valence electrons. The van der Waals surface area contributed by atoms with Crippen molar-refractivity contribution < 1.29 is 9.59 Å². The Morgan fingerprint density at radius 1 is 1.48 bits per heavy atom. The van der Waals surface area contributed by atoms with Gasteiger partial charge in [0.1, 0.15) is 6.04 Å². The van der Waals surface area contributed by atoms with Crippen LogP contribution in [0.1, 0.15) is 15.2 Å². The van der Waals surface area contributed by atoms with Crippen LogP contribution in [0, 0.1) is 6.92 Å². The van der Waals surface area contributed by atoms with Crippen LogP contribution in [0.4, 0.5) is 5.13 Å². The van der Waals surface area contributed by atoms with E-state index in [4.69, 9.17) is 0 Å². The number of aromatic nitrogens is 1. The summed E-state index contributed by atoms with van der Waals surface area (Å²) < 4.78 is 0. The van der Waals surface area contributed by atoms with E-state index in [2.05, 4.69) is 10.3 Å². The van der Waals surface area contributed by atoms with Crippen molar-refractivity contribution >= 4 is 51.4 Å². The average molecular weight is 339 g/mol. The zero-order valence-electron chi connectivity index (χ0n) is 11.2. The van der Waals surface area contributed by atoms with Crippen molar-refractivity contribution in [3.8, 4) is 0 Å². The number of carbonyl (C=O) groups excluding carboxylic acids is 2. The number of hydrogen-bond acceptors (Lipinski definition) is 6. The van der Waals surface area contributed by atoms with Gasteiger partial charge >= 0.3 is 0 Å². The second-order valence-electron chi connectivity index (χ2n) is 4.57. The summed E-state index contributed by atoms with van der Waals surface area (Å²) in [5, 5.41) is 7.05. The van der Waals surface area contributed by atoms with Crippen LogP contribution in [0.25, 0.3) is 0 Å². The monoisotopic (exact) mass is 339 g/mol. The topological polar surface area (TPSA) is 62.3 Å². The van der Waals surface area contributed by atoms with Gasteiger partial charge in [-0.1, -0.05) is 0 Å². The average Bonchev–Trinajstić information content (AvgIpc) is 3.19. The number of nitrogens with zero attached hydrogens (tertiary/aromatic N) is 2. The largest absolute Gasteiger partial charge is 0.316 e. The molecule has 0 unspecified atom stereocenters. The van der Waals surface area contributed by atoms with Gasteiger partial charge in [-0.2, -0.15) is 11.3 Å². The van der Waals surface area contributed by atoms with Crippen molar-refractivity contribution in [2.45, 2.75) is 13.0 Å². The van der Waals surface area contributed by atoms with E-state index in [1.165, 1.54) is 22.7 Å². The van der Waals surface area contributed by atoms with Crippen molar-refractivity contribution in [1.29, 1.82) is 0 Å². The van der Waals surface area contributed by atoms with Crippen molar-refractivity contribution in [1.82, 2.24) is 9.88 Å². The molecule has 1 atom stereocenters. The number of rotatable bonds is 3. The summed E-state index contributed by atoms with van der Waals surface area (Å²) in [5.74, 6) is 0.907. The first-order valence-corrected chi connectivity index (χ1v) is 9.21. The summed E-state index contributed by atoms with van der Waals surface area (Å²) in [5.41, 5.74) is 0.644. The molecule has 0 spiro atoms. The number of carbonyl (C=O) groups is 2. The Morgan fingerprint density at radius 2 is 2.33 bits per heavy atom. The maximum atomic E-state index is 12.4. The lowest BCUT2D eigenvalue weighted by atomic mass is 10.2. The van der Waals surface area contributed by atoms with Gasteiger partial charge in [0.05, 0.1) is 11.4 Å². The molecule has 2 aromatic heterocycles. The third-order valence-electron chi connectivity index (χ3n) is 3.07. The van der Waals surface area contributed by atoms with E-state index < -0.39 is 6.04 Å². The van der Waals surface area contributed by atoms with E-state index in [0.29, 0.717) is 22.3 Å². The van der Waals surface area contributed by atoms with Gasteiger partial charge in [0.25, 0.3) is 5.91 Å². The smallest absolute Gasteiger partial charge is 0.256 e. The van der Waals surface area contributed by atoms with Crippen molar-refractivity contribution in [3.05, 3.63) is 33.5 Å². The number of thiophene rings is 1. The fourth-order valence-corrected chi connectivity index (χ4v) is 4.46. The predicted molar refractivity (Wildman–Crippen MR) is 87.1 cm³/mol. The van der Waals surface area contributed by atoms with Crippen molar-refractivity contribution in [3.63, 3.8) is 0 Å². The molecule has 0 aliphatic carbocycles. The first-order chi connectivity index (χ1) is 10.1. The summed E-state index contributed by atoms with van der Waals surface area (Å²) in [6, 6.07) is 1.35. The van der Waals surface area contributed by atoms with E-state index in [9.17, 15) is 9.59 Å². The Balaban J connectivity index is 1.71. The van der Waals surface area contributed by atoms with Gasteiger partial charge in [-0.25, -0.2) is 4.98 Å². The van der Waals surface area contributed by atoms with E-state index >= 15 is 0 Å². The minimum atomic E-state index is -0.438. The number of amides is 2. The van der Waals surface area contributed by atoms with Gasteiger partial charge in [-0.3, -0.25) is 9.59 Å². The predicted octanol–water partition coefficient (Wildman–Crippen LogP) is 2.67. The van der Waals surface area contributed by atoms with Gasteiger partial charge in [0.15, 0.2) is 5.13 Å². The highest BCUT2D eigenvalue weighted by Gasteiger charge is 2.35. The molecule has 1 N–H and O–H groups in total. The molecule has 0 radical (unpaired) electrons. The van der Waals surface area contributed by atoms with Crippen LogP contribution in [0.3, 0.4) is 0 Å². The molecule has 0 aromatic carbocycles. The first-order valence-electron chi connectivity index (χ1n) is 6.29. The molecule has 2 amide bonds. The normalized spacial score (nSPS) is 18.0. The maximum Gasteiger partial charge on any atom is 0.256 e. The lowest BCUT2D eigenvalue weighted by Gasteiger charge is -2.22. The Labute approximate surface area is 134 Å². The molecule has 3 heterocycles. The number of nitrogens with one attached hydrogen (secondary N) is 1. The summed E-state index contributed by atoms with van der Waals surface area (Å²) in [7, 11) is 0. The third kappa shape index (κ3) is 3.12. The number of anilines is 1. The molecule has 1 saturated heterocycles. The van der Waals surface area contributed by atoms with Crippen LogP contribution in [0.15, 0.2) is 23.0 Å². The Bertz CT molecular complexity index is 653. The number of hydrogen-bond donors (Lipinski definition) is 1. The zero-order chi connectivity index (χ0) is 14.8. The van der Waals surface area contributed by atoms with Gasteiger partial charge in [-0.05, 0) is 18.4 Å². The molecular formula is C13H13N3O2S3. The molecule has 1 aliphatic heterocycles. The quantitative estimate of drug-likeness (QED) is 0.934. The van der Waals surface area contributed by atoms with Crippen LogP contribution in [0.2, 0.25) is 0 Å². The number of aryl methyl sites for hydroxylation is 1. The van der Waals surface area contributed by atoms with Gasteiger partial charge in [-0.15, -0.1) is 23.1 Å². The molecule has 0 bridgehead atoms. The lowest BCUT2D eigenvalue weighted by Crippen LogP contribution is -2.44.